The van der Waals surface area contributed by atoms with Crippen molar-refractivity contribution < 1.29 is 9.53 Å². The summed E-state index contributed by atoms with van der Waals surface area (Å²) in [5.41, 5.74) is 7.40. The number of aryl methyl sites for hydroxylation is 1. The van der Waals surface area contributed by atoms with Crippen molar-refractivity contribution in [3.63, 3.8) is 0 Å². The fourth-order valence-electron chi connectivity index (χ4n) is 2.75. The molecule has 4 aromatic rings. The predicted octanol–water partition coefficient (Wildman–Crippen LogP) is 6.44. The highest BCUT2D eigenvalue weighted by atomic mass is 35.5. The molecule has 0 saturated heterocycles. The number of benzene rings is 3. The van der Waals surface area contributed by atoms with E-state index < -0.39 is 5.97 Å². The minimum absolute atomic E-state index is 0.399. The predicted molar refractivity (Wildman–Crippen MR) is 126 cm³/mol. The quantitative estimate of drug-likeness (QED) is 0.160. The molecule has 1 aromatic heterocycles. The van der Waals surface area contributed by atoms with Crippen LogP contribution in [0.15, 0.2) is 83.3 Å². The second-order valence-electron chi connectivity index (χ2n) is 6.74. The average molecular weight is 448 g/mol. The van der Waals surface area contributed by atoms with Crippen molar-refractivity contribution in [1.29, 1.82) is 0 Å². The molecular weight excluding hydrogens is 430 g/mol. The molecule has 5 nitrogen and oxygen atoms in total. The largest absolute Gasteiger partial charge is 0.423 e. The van der Waals surface area contributed by atoms with Crippen LogP contribution in [0.2, 0.25) is 5.02 Å². The molecule has 0 atom stereocenters. The van der Waals surface area contributed by atoms with Crippen LogP contribution in [0.5, 0.6) is 5.75 Å². The molecule has 0 amide bonds. The fraction of sp³-hybridized carbons (Fsp3) is 0.0417. The van der Waals surface area contributed by atoms with E-state index in [1.54, 1.807) is 42.6 Å². The third kappa shape index (κ3) is 5.57. The first-order valence-corrected chi connectivity index (χ1v) is 10.7. The van der Waals surface area contributed by atoms with Gasteiger partial charge in [-0.1, -0.05) is 47.5 Å². The van der Waals surface area contributed by atoms with Crippen LogP contribution in [0, 0.1) is 6.92 Å². The van der Waals surface area contributed by atoms with Gasteiger partial charge in [0.05, 0.1) is 17.5 Å². The van der Waals surface area contributed by atoms with Gasteiger partial charge in [0.15, 0.2) is 0 Å². The summed E-state index contributed by atoms with van der Waals surface area (Å²) in [6.45, 7) is 2.06. The lowest BCUT2D eigenvalue weighted by Gasteiger charge is -2.05. The van der Waals surface area contributed by atoms with Crippen LogP contribution in [0.1, 0.15) is 21.5 Å². The number of esters is 1. The number of nitrogens with zero attached hydrogens (tertiary/aromatic N) is 2. The second-order valence-corrected chi connectivity index (χ2v) is 8.04. The number of hydrazone groups is 1. The number of thiazole rings is 1. The van der Waals surface area contributed by atoms with E-state index >= 15 is 0 Å². The topological polar surface area (TPSA) is 63.6 Å². The zero-order valence-corrected chi connectivity index (χ0v) is 18.2. The van der Waals surface area contributed by atoms with E-state index in [4.69, 9.17) is 16.3 Å². The van der Waals surface area contributed by atoms with Gasteiger partial charge < -0.3 is 4.74 Å². The number of hydrogen-bond donors (Lipinski definition) is 1. The molecule has 0 aliphatic carbocycles. The van der Waals surface area contributed by atoms with Gasteiger partial charge in [-0.05, 0) is 55.0 Å². The van der Waals surface area contributed by atoms with Crippen LogP contribution in [0.4, 0.5) is 5.13 Å². The summed E-state index contributed by atoms with van der Waals surface area (Å²) in [5, 5.41) is 7.42. The lowest BCUT2D eigenvalue weighted by Crippen LogP contribution is -2.08. The van der Waals surface area contributed by atoms with Gasteiger partial charge in [0, 0.05) is 16.0 Å². The Hall–Kier alpha value is -3.48. The van der Waals surface area contributed by atoms with E-state index in [-0.39, 0.29) is 0 Å². The van der Waals surface area contributed by atoms with Crippen molar-refractivity contribution >= 4 is 40.3 Å². The molecule has 0 fully saturated rings. The van der Waals surface area contributed by atoms with E-state index in [1.165, 1.54) is 16.9 Å². The van der Waals surface area contributed by atoms with Gasteiger partial charge in [0.2, 0.25) is 5.13 Å². The molecule has 3 aromatic carbocycles. The summed E-state index contributed by atoms with van der Waals surface area (Å²) < 4.78 is 5.37. The zero-order chi connectivity index (χ0) is 21.6. The van der Waals surface area contributed by atoms with Gasteiger partial charge in [-0.25, -0.2) is 9.78 Å². The van der Waals surface area contributed by atoms with Crippen LogP contribution in [0.25, 0.3) is 11.3 Å². The van der Waals surface area contributed by atoms with Crippen molar-refractivity contribution in [2.45, 2.75) is 6.92 Å². The van der Waals surface area contributed by atoms with Gasteiger partial charge in [0.1, 0.15) is 5.75 Å². The van der Waals surface area contributed by atoms with Crippen LogP contribution >= 0.6 is 22.9 Å². The summed E-state index contributed by atoms with van der Waals surface area (Å²) in [6.07, 6.45) is 1.68. The number of carbonyl (C=O) groups excluding carboxylic acids is 1. The Labute approximate surface area is 189 Å². The SMILES string of the molecule is Cc1ccc(-c2csc(NN=Cc3ccc(OC(=O)c4cccc(Cl)c4)cc3)n2)cc1. The summed E-state index contributed by atoms with van der Waals surface area (Å²) >= 11 is 7.40. The molecule has 0 aliphatic heterocycles. The van der Waals surface area contributed by atoms with E-state index in [0.29, 0.717) is 21.5 Å². The van der Waals surface area contributed by atoms with Crippen LogP contribution in [-0.2, 0) is 0 Å². The minimum Gasteiger partial charge on any atom is -0.423 e. The molecule has 0 radical (unpaired) electrons. The highest BCUT2D eigenvalue weighted by molar-refractivity contribution is 7.14. The average Bonchev–Trinajstić information content (AvgIpc) is 3.24. The van der Waals surface area contributed by atoms with Crippen LogP contribution in [0.3, 0.4) is 0 Å². The maximum absolute atomic E-state index is 12.2. The van der Waals surface area contributed by atoms with Gasteiger partial charge in [-0.15, -0.1) is 11.3 Å². The number of ether oxygens (including phenoxy) is 1. The Balaban J connectivity index is 1.34. The molecule has 0 spiro atoms. The smallest absolute Gasteiger partial charge is 0.343 e. The fourth-order valence-corrected chi connectivity index (χ4v) is 3.61. The van der Waals surface area contributed by atoms with Gasteiger partial charge in [-0.3, -0.25) is 5.43 Å². The molecule has 31 heavy (non-hydrogen) atoms. The first-order chi connectivity index (χ1) is 15.1. The van der Waals surface area contributed by atoms with Crippen molar-refractivity contribution in [1.82, 2.24) is 4.98 Å². The number of nitrogens with one attached hydrogen (secondary N) is 1. The van der Waals surface area contributed by atoms with Crippen molar-refractivity contribution in [3.8, 4) is 17.0 Å². The molecule has 7 heteroatoms. The summed E-state index contributed by atoms with van der Waals surface area (Å²) in [6, 6.07) is 21.9. The number of rotatable bonds is 6. The van der Waals surface area contributed by atoms with E-state index in [1.807, 2.05) is 17.5 Å². The Morgan fingerprint density at radius 3 is 2.61 bits per heavy atom. The van der Waals surface area contributed by atoms with Crippen LogP contribution < -0.4 is 10.2 Å². The summed E-state index contributed by atoms with van der Waals surface area (Å²) in [4.78, 5) is 16.7. The third-order valence-electron chi connectivity index (χ3n) is 4.38. The maximum Gasteiger partial charge on any atom is 0.343 e. The number of aromatic nitrogens is 1. The molecule has 0 unspecified atom stereocenters. The maximum atomic E-state index is 12.2. The molecular formula is C24H18ClN3O2S. The Bertz CT molecular complexity index is 1220. The molecule has 0 bridgehead atoms. The Morgan fingerprint density at radius 1 is 1.10 bits per heavy atom. The van der Waals surface area contributed by atoms with Crippen molar-refractivity contribution in [2.24, 2.45) is 5.10 Å². The highest BCUT2D eigenvalue weighted by Crippen LogP contribution is 2.25. The first kappa shape index (κ1) is 20.8. The minimum atomic E-state index is -0.460. The van der Waals surface area contributed by atoms with Gasteiger partial charge >= 0.3 is 5.97 Å². The van der Waals surface area contributed by atoms with Crippen molar-refractivity contribution in [2.75, 3.05) is 5.43 Å². The Kier molecular flexibility index (Phi) is 6.40. The number of carbonyl (C=O) groups is 1. The second kappa shape index (κ2) is 9.55. The molecule has 154 valence electrons. The normalized spacial score (nSPS) is 10.9. The lowest BCUT2D eigenvalue weighted by atomic mass is 10.1. The molecule has 1 heterocycles. The Morgan fingerprint density at radius 2 is 1.87 bits per heavy atom. The highest BCUT2D eigenvalue weighted by Gasteiger charge is 2.09. The van der Waals surface area contributed by atoms with Crippen molar-refractivity contribution in [3.05, 3.63) is 99.9 Å². The van der Waals surface area contributed by atoms with E-state index in [9.17, 15) is 4.79 Å². The standard InChI is InChI=1S/C24H18ClN3O2S/c1-16-5-9-18(10-6-16)22-15-31-24(27-22)28-26-14-17-7-11-21(12-8-17)30-23(29)19-3-2-4-20(25)13-19/h2-15H,1H3,(H,27,28). The zero-order valence-electron chi connectivity index (χ0n) is 16.6. The summed E-state index contributed by atoms with van der Waals surface area (Å²) in [5.74, 6) is -0.0171. The monoisotopic (exact) mass is 447 g/mol. The molecule has 1 N–H and O–H groups in total. The van der Waals surface area contributed by atoms with E-state index in [2.05, 4.69) is 46.7 Å². The van der Waals surface area contributed by atoms with Crippen LogP contribution in [-0.4, -0.2) is 17.2 Å². The summed E-state index contributed by atoms with van der Waals surface area (Å²) in [7, 11) is 0. The van der Waals surface area contributed by atoms with Gasteiger partial charge in [-0.2, -0.15) is 5.10 Å². The molecule has 4 rings (SSSR count). The first-order valence-electron chi connectivity index (χ1n) is 9.46. The molecule has 0 aliphatic rings. The van der Waals surface area contributed by atoms with Gasteiger partial charge in [0.25, 0.3) is 0 Å². The third-order valence-corrected chi connectivity index (χ3v) is 5.36. The molecule has 0 saturated carbocycles. The van der Waals surface area contributed by atoms with E-state index in [0.717, 1.165) is 16.8 Å². The number of anilines is 1. The number of halogens is 1. The lowest BCUT2D eigenvalue weighted by molar-refractivity contribution is 0.0735. The number of hydrogen-bond acceptors (Lipinski definition) is 6.